The summed E-state index contributed by atoms with van der Waals surface area (Å²) in [7, 11) is 0. The lowest BCUT2D eigenvalue weighted by Gasteiger charge is -2.25. The normalized spacial score (nSPS) is 15.9. The lowest BCUT2D eigenvalue weighted by Crippen LogP contribution is -2.36. The van der Waals surface area contributed by atoms with Crippen LogP contribution in [-0.4, -0.2) is 34.1 Å². The van der Waals surface area contributed by atoms with Crippen molar-refractivity contribution in [2.24, 2.45) is 0 Å². The number of aryl methyl sites for hydroxylation is 1. The molecular formula is C12H18N4O. The third-order valence-electron chi connectivity index (χ3n) is 3.06. The smallest absolute Gasteiger partial charge is 0.276 e. The highest BCUT2D eigenvalue weighted by molar-refractivity contribution is 5.97. The first kappa shape index (κ1) is 11.7. The second kappa shape index (κ2) is 4.61. The lowest BCUT2D eigenvalue weighted by atomic mass is 10.1. The van der Waals surface area contributed by atoms with Crippen molar-refractivity contribution < 1.29 is 4.79 Å². The van der Waals surface area contributed by atoms with E-state index in [9.17, 15) is 4.79 Å². The minimum Gasteiger partial charge on any atom is -0.395 e. The molecule has 2 heterocycles. The van der Waals surface area contributed by atoms with Gasteiger partial charge in [0.1, 0.15) is 0 Å². The zero-order chi connectivity index (χ0) is 12.4. The molecule has 0 fully saturated rings. The van der Waals surface area contributed by atoms with E-state index in [0.717, 1.165) is 25.1 Å². The van der Waals surface area contributed by atoms with E-state index in [1.54, 1.807) is 4.90 Å². The van der Waals surface area contributed by atoms with Crippen molar-refractivity contribution in [2.75, 3.05) is 18.8 Å². The van der Waals surface area contributed by atoms with Crippen LogP contribution in [-0.2, 0) is 6.42 Å². The molecule has 0 radical (unpaired) electrons. The predicted molar refractivity (Wildman–Crippen MR) is 66.7 cm³/mol. The molecule has 0 unspecified atom stereocenters. The van der Waals surface area contributed by atoms with Crippen LogP contribution in [0, 0.1) is 0 Å². The predicted octanol–water partition coefficient (Wildman–Crippen LogP) is 1.35. The van der Waals surface area contributed by atoms with Crippen molar-refractivity contribution in [3.63, 3.8) is 0 Å². The van der Waals surface area contributed by atoms with E-state index in [2.05, 4.69) is 16.3 Å². The molecule has 0 saturated heterocycles. The van der Waals surface area contributed by atoms with Gasteiger partial charge in [-0.2, -0.15) is 5.10 Å². The molecule has 0 atom stereocenters. The Morgan fingerprint density at radius 1 is 1.65 bits per heavy atom. The standard InChI is InChI=1S/C12H18N4O/c1-3-9-10(13)11(15-14-9)12(17)16-6-4-5-8(2)7-16/h5H,3-4,6-7,13H2,1-2H3,(H,14,15). The van der Waals surface area contributed by atoms with Gasteiger partial charge < -0.3 is 10.6 Å². The topological polar surface area (TPSA) is 75.0 Å². The summed E-state index contributed by atoms with van der Waals surface area (Å²) in [6.45, 7) is 5.42. The average molecular weight is 234 g/mol. The van der Waals surface area contributed by atoms with Gasteiger partial charge >= 0.3 is 0 Å². The van der Waals surface area contributed by atoms with Crippen LogP contribution >= 0.6 is 0 Å². The number of aromatic amines is 1. The van der Waals surface area contributed by atoms with E-state index in [4.69, 9.17) is 5.73 Å². The number of H-pyrrole nitrogens is 1. The first-order valence-corrected chi connectivity index (χ1v) is 5.91. The van der Waals surface area contributed by atoms with Crippen molar-refractivity contribution in [3.8, 4) is 0 Å². The maximum Gasteiger partial charge on any atom is 0.276 e. The Morgan fingerprint density at radius 2 is 2.41 bits per heavy atom. The zero-order valence-electron chi connectivity index (χ0n) is 10.3. The molecule has 1 aromatic heterocycles. The number of nitrogens with zero attached hydrogens (tertiary/aromatic N) is 2. The summed E-state index contributed by atoms with van der Waals surface area (Å²) in [6.07, 6.45) is 3.82. The summed E-state index contributed by atoms with van der Waals surface area (Å²) in [5.41, 5.74) is 8.80. The van der Waals surface area contributed by atoms with E-state index >= 15 is 0 Å². The van der Waals surface area contributed by atoms with Gasteiger partial charge in [0.2, 0.25) is 0 Å². The number of rotatable bonds is 2. The molecule has 0 bridgehead atoms. The number of nitrogens with one attached hydrogen (secondary N) is 1. The van der Waals surface area contributed by atoms with Gasteiger partial charge in [-0.1, -0.05) is 18.6 Å². The Hall–Kier alpha value is -1.78. The number of hydrogen-bond acceptors (Lipinski definition) is 3. The van der Waals surface area contributed by atoms with Crippen LogP contribution in [0.15, 0.2) is 11.6 Å². The largest absolute Gasteiger partial charge is 0.395 e. The van der Waals surface area contributed by atoms with Gasteiger partial charge in [-0.25, -0.2) is 0 Å². The maximum absolute atomic E-state index is 12.2. The van der Waals surface area contributed by atoms with Gasteiger partial charge in [-0.15, -0.1) is 0 Å². The molecule has 92 valence electrons. The van der Waals surface area contributed by atoms with Gasteiger partial charge in [-0.05, 0) is 19.8 Å². The highest BCUT2D eigenvalue weighted by Crippen LogP contribution is 2.18. The molecule has 0 saturated carbocycles. The molecule has 1 aliphatic rings. The SMILES string of the molecule is CCc1[nH]nc(C(=O)N2CCC=C(C)C2)c1N. The van der Waals surface area contributed by atoms with Crippen LogP contribution in [0.4, 0.5) is 5.69 Å². The number of nitrogens with two attached hydrogens (primary N) is 1. The second-order valence-corrected chi connectivity index (χ2v) is 4.38. The highest BCUT2D eigenvalue weighted by atomic mass is 16.2. The van der Waals surface area contributed by atoms with Gasteiger partial charge in [-0.3, -0.25) is 9.89 Å². The van der Waals surface area contributed by atoms with Crippen LogP contribution in [0.1, 0.15) is 36.5 Å². The average Bonchev–Trinajstić information content (AvgIpc) is 2.69. The van der Waals surface area contributed by atoms with Crippen LogP contribution < -0.4 is 5.73 Å². The van der Waals surface area contributed by atoms with E-state index in [-0.39, 0.29) is 5.91 Å². The van der Waals surface area contributed by atoms with E-state index < -0.39 is 0 Å². The fourth-order valence-corrected chi connectivity index (χ4v) is 2.05. The molecule has 5 nitrogen and oxygen atoms in total. The van der Waals surface area contributed by atoms with Crippen LogP contribution in [0.5, 0.6) is 0 Å². The van der Waals surface area contributed by atoms with E-state index in [1.165, 1.54) is 5.57 Å². The lowest BCUT2D eigenvalue weighted by molar-refractivity contribution is 0.0761. The molecule has 0 aliphatic carbocycles. The number of carbonyl (C=O) groups excluding carboxylic acids is 1. The fraction of sp³-hybridized carbons (Fsp3) is 0.500. The third kappa shape index (κ3) is 2.18. The summed E-state index contributed by atoms with van der Waals surface area (Å²) in [6, 6.07) is 0. The highest BCUT2D eigenvalue weighted by Gasteiger charge is 2.23. The Labute approximate surface area is 101 Å². The van der Waals surface area contributed by atoms with Crippen LogP contribution in [0.3, 0.4) is 0 Å². The zero-order valence-corrected chi connectivity index (χ0v) is 10.3. The molecule has 1 aliphatic heterocycles. The number of hydrogen-bond donors (Lipinski definition) is 2. The van der Waals surface area contributed by atoms with Gasteiger partial charge in [0, 0.05) is 13.1 Å². The molecule has 3 N–H and O–H groups in total. The molecular weight excluding hydrogens is 216 g/mol. The van der Waals surface area contributed by atoms with Crippen molar-refractivity contribution in [1.29, 1.82) is 0 Å². The maximum atomic E-state index is 12.2. The molecule has 1 amide bonds. The van der Waals surface area contributed by atoms with Crippen molar-refractivity contribution in [1.82, 2.24) is 15.1 Å². The van der Waals surface area contributed by atoms with Crippen LogP contribution in [0.2, 0.25) is 0 Å². The Bertz CT molecular complexity index is 461. The van der Waals surface area contributed by atoms with E-state index in [0.29, 0.717) is 17.9 Å². The minimum atomic E-state index is -0.0779. The number of carbonyl (C=O) groups is 1. The molecule has 5 heteroatoms. The summed E-state index contributed by atoms with van der Waals surface area (Å²) in [4.78, 5) is 14.0. The van der Waals surface area contributed by atoms with Crippen molar-refractivity contribution in [2.45, 2.75) is 26.7 Å². The fourth-order valence-electron chi connectivity index (χ4n) is 2.05. The van der Waals surface area contributed by atoms with Gasteiger partial charge in [0.15, 0.2) is 5.69 Å². The van der Waals surface area contributed by atoms with Crippen molar-refractivity contribution >= 4 is 11.6 Å². The van der Waals surface area contributed by atoms with Crippen molar-refractivity contribution in [3.05, 3.63) is 23.0 Å². The molecule has 17 heavy (non-hydrogen) atoms. The number of nitrogen functional groups attached to an aromatic ring is 1. The molecule has 2 rings (SSSR count). The summed E-state index contributed by atoms with van der Waals surface area (Å²) in [5, 5.41) is 6.84. The number of anilines is 1. The van der Waals surface area contributed by atoms with Gasteiger partial charge in [0.25, 0.3) is 5.91 Å². The Morgan fingerprint density at radius 3 is 3.00 bits per heavy atom. The third-order valence-corrected chi connectivity index (χ3v) is 3.06. The first-order chi connectivity index (χ1) is 8.13. The van der Waals surface area contributed by atoms with Gasteiger partial charge in [0.05, 0.1) is 11.4 Å². The Balaban J connectivity index is 2.19. The number of amides is 1. The second-order valence-electron chi connectivity index (χ2n) is 4.38. The quantitative estimate of drug-likeness (QED) is 0.758. The monoisotopic (exact) mass is 234 g/mol. The minimum absolute atomic E-state index is 0.0779. The summed E-state index contributed by atoms with van der Waals surface area (Å²) >= 11 is 0. The molecule has 0 aromatic carbocycles. The summed E-state index contributed by atoms with van der Waals surface area (Å²) < 4.78 is 0. The first-order valence-electron chi connectivity index (χ1n) is 5.91. The van der Waals surface area contributed by atoms with E-state index in [1.807, 2.05) is 13.8 Å². The Kier molecular flexibility index (Phi) is 3.17. The number of aromatic nitrogens is 2. The van der Waals surface area contributed by atoms with Crippen LogP contribution in [0.25, 0.3) is 0 Å². The molecule has 0 spiro atoms. The molecule has 1 aromatic rings. The summed E-state index contributed by atoms with van der Waals surface area (Å²) in [5.74, 6) is -0.0779.